The average molecular weight is 203 g/mol. The fourth-order valence-electron chi connectivity index (χ4n) is 1.85. The Hall–Kier alpha value is -1.77. The van der Waals surface area contributed by atoms with E-state index in [1.54, 1.807) is 6.92 Å². The summed E-state index contributed by atoms with van der Waals surface area (Å²) in [7, 11) is 1.93. The number of para-hydroxylation sites is 1. The number of carboxylic acids is 1. The van der Waals surface area contributed by atoms with Crippen molar-refractivity contribution in [3.05, 3.63) is 36.0 Å². The van der Waals surface area contributed by atoms with Crippen molar-refractivity contribution in [2.24, 2.45) is 7.05 Å². The van der Waals surface area contributed by atoms with Crippen molar-refractivity contribution < 1.29 is 9.90 Å². The van der Waals surface area contributed by atoms with Crippen LogP contribution in [0.1, 0.15) is 18.4 Å². The van der Waals surface area contributed by atoms with Gasteiger partial charge in [-0.15, -0.1) is 0 Å². The van der Waals surface area contributed by atoms with Crippen molar-refractivity contribution in [2.45, 2.75) is 12.8 Å². The molecule has 0 amide bonds. The van der Waals surface area contributed by atoms with Gasteiger partial charge >= 0.3 is 5.97 Å². The second-order valence-electron chi connectivity index (χ2n) is 3.77. The smallest absolute Gasteiger partial charge is 0.310 e. The van der Waals surface area contributed by atoms with E-state index >= 15 is 0 Å². The topological polar surface area (TPSA) is 42.2 Å². The molecule has 1 unspecified atom stereocenters. The maximum absolute atomic E-state index is 10.9. The zero-order chi connectivity index (χ0) is 11.0. The highest BCUT2D eigenvalue weighted by molar-refractivity contribution is 5.89. The number of aliphatic carboxylic acids is 1. The third kappa shape index (κ3) is 1.50. The second kappa shape index (κ2) is 3.42. The molecule has 1 aromatic carbocycles. The number of aromatic nitrogens is 1. The number of fused-ring (bicyclic) bond motifs is 1. The Morgan fingerprint density at radius 3 is 2.73 bits per heavy atom. The van der Waals surface area contributed by atoms with Gasteiger partial charge in [-0.3, -0.25) is 4.79 Å². The van der Waals surface area contributed by atoms with Crippen LogP contribution in [0.4, 0.5) is 0 Å². The Morgan fingerprint density at radius 2 is 2.07 bits per heavy atom. The average Bonchev–Trinajstić information content (AvgIpc) is 2.56. The highest BCUT2D eigenvalue weighted by Crippen LogP contribution is 2.26. The number of hydrogen-bond acceptors (Lipinski definition) is 1. The van der Waals surface area contributed by atoms with E-state index in [-0.39, 0.29) is 0 Å². The van der Waals surface area contributed by atoms with Gasteiger partial charge in [0.15, 0.2) is 0 Å². The number of carboxylic acid groups (broad SMARTS) is 1. The first kappa shape index (κ1) is 9.77. The van der Waals surface area contributed by atoms with Crippen molar-refractivity contribution in [3.8, 4) is 0 Å². The van der Waals surface area contributed by atoms with Gasteiger partial charge in [-0.2, -0.15) is 0 Å². The van der Waals surface area contributed by atoms with E-state index in [2.05, 4.69) is 0 Å². The number of rotatable bonds is 2. The predicted octanol–water partition coefficient (Wildman–Crippen LogP) is 2.37. The molecular formula is C12H13NO2. The van der Waals surface area contributed by atoms with Gasteiger partial charge in [0.1, 0.15) is 0 Å². The Balaban J connectivity index is 2.67. The Morgan fingerprint density at radius 1 is 1.40 bits per heavy atom. The molecule has 2 aromatic rings. The van der Waals surface area contributed by atoms with Crippen LogP contribution in [0.25, 0.3) is 10.9 Å². The van der Waals surface area contributed by atoms with Gasteiger partial charge in [-0.05, 0) is 18.6 Å². The summed E-state index contributed by atoms with van der Waals surface area (Å²) < 4.78 is 1.96. The third-order valence-electron chi connectivity index (χ3n) is 2.76. The molecule has 3 nitrogen and oxygen atoms in total. The van der Waals surface area contributed by atoms with Gasteiger partial charge in [0.25, 0.3) is 0 Å². The van der Waals surface area contributed by atoms with Crippen LogP contribution in [-0.2, 0) is 11.8 Å². The van der Waals surface area contributed by atoms with Crippen LogP contribution in [0.3, 0.4) is 0 Å². The lowest BCUT2D eigenvalue weighted by Gasteiger charge is -2.03. The maximum Gasteiger partial charge on any atom is 0.310 e. The number of hydrogen-bond donors (Lipinski definition) is 1. The molecule has 78 valence electrons. The first-order chi connectivity index (χ1) is 7.11. The van der Waals surface area contributed by atoms with Crippen LogP contribution >= 0.6 is 0 Å². The molecule has 0 aliphatic heterocycles. The van der Waals surface area contributed by atoms with Crippen LogP contribution in [0, 0.1) is 0 Å². The third-order valence-corrected chi connectivity index (χ3v) is 2.76. The van der Waals surface area contributed by atoms with E-state index in [0.717, 1.165) is 16.5 Å². The number of benzene rings is 1. The summed E-state index contributed by atoms with van der Waals surface area (Å²) in [6.07, 6.45) is 1.89. The monoisotopic (exact) mass is 203 g/mol. The fraction of sp³-hybridized carbons (Fsp3) is 0.250. The highest BCUT2D eigenvalue weighted by Gasteiger charge is 2.18. The Kier molecular flexibility index (Phi) is 2.23. The summed E-state index contributed by atoms with van der Waals surface area (Å²) in [5.74, 6) is -1.25. The molecule has 0 saturated carbocycles. The van der Waals surface area contributed by atoms with E-state index < -0.39 is 11.9 Å². The SMILES string of the molecule is CC(C(=O)O)c1cn(C)c2ccccc12. The fourth-order valence-corrected chi connectivity index (χ4v) is 1.85. The molecule has 1 atom stereocenters. The van der Waals surface area contributed by atoms with E-state index in [9.17, 15) is 4.79 Å². The molecule has 1 aromatic heterocycles. The quantitative estimate of drug-likeness (QED) is 0.814. The van der Waals surface area contributed by atoms with Crippen LogP contribution in [-0.4, -0.2) is 15.6 Å². The minimum absolute atomic E-state index is 0.462. The van der Waals surface area contributed by atoms with E-state index in [0.29, 0.717) is 0 Å². The van der Waals surface area contributed by atoms with Gasteiger partial charge < -0.3 is 9.67 Å². The molecule has 0 aliphatic rings. The van der Waals surface area contributed by atoms with Crippen LogP contribution in [0.15, 0.2) is 30.5 Å². The lowest BCUT2D eigenvalue weighted by atomic mass is 10.0. The summed E-state index contributed by atoms with van der Waals surface area (Å²) >= 11 is 0. The van der Waals surface area contributed by atoms with Crippen LogP contribution < -0.4 is 0 Å². The predicted molar refractivity (Wildman–Crippen MR) is 59.0 cm³/mol. The van der Waals surface area contributed by atoms with Gasteiger partial charge in [0, 0.05) is 24.1 Å². The summed E-state index contributed by atoms with van der Waals surface area (Å²) in [5.41, 5.74) is 1.95. The number of aryl methyl sites for hydroxylation is 1. The minimum atomic E-state index is -0.786. The first-order valence-electron chi connectivity index (χ1n) is 4.88. The van der Waals surface area contributed by atoms with Crippen LogP contribution in [0.5, 0.6) is 0 Å². The van der Waals surface area contributed by atoms with Gasteiger partial charge in [-0.1, -0.05) is 18.2 Å². The molecule has 1 heterocycles. The molecular weight excluding hydrogens is 190 g/mol. The Bertz CT molecular complexity index is 513. The molecule has 3 heteroatoms. The van der Waals surface area contributed by atoms with E-state index in [4.69, 9.17) is 5.11 Å². The highest BCUT2D eigenvalue weighted by atomic mass is 16.4. The standard InChI is InChI=1S/C12H13NO2/c1-8(12(14)15)10-7-13(2)11-6-4-3-5-9(10)11/h3-8H,1-2H3,(H,14,15). The molecule has 0 aliphatic carbocycles. The second-order valence-corrected chi connectivity index (χ2v) is 3.77. The van der Waals surface area contributed by atoms with Gasteiger partial charge in [-0.25, -0.2) is 0 Å². The van der Waals surface area contributed by atoms with Gasteiger partial charge in [0.05, 0.1) is 5.92 Å². The number of nitrogens with zero attached hydrogens (tertiary/aromatic N) is 1. The maximum atomic E-state index is 10.9. The van der Waals surface area contributed by atoms with Crippen molar-refractivity contribution in [2.75, 3.05) is 0 Å². The zero-order valence-electron chi connectivity index (χ0n) is 8.77. The summed E-state index contributed by atoms with van der Waals surface area (Å²) in [5, 5.41) is 10.0. The lowest BCUT2D eigenvalue weighted by molar-refractivity contribution is -0.138. The van der Waals surface area contributed by atoms with Gasteiger partial charge in [0.2, 0.25) is 0 Å². The molecule has 0 fully saturated rings. The largest absolute Gasteiger partial charge is 0.481 e. The van der Waals surface area contributed by atoms with E-state index in [1.165, 1.54) is 0 Å². The van der Waals surface area contributed by atoms with Crippen LogP contribution in [0.2, 0.25) is 0 Å². The normalized spacial score (nSPS) is 12.9. The van der Waals surface area contributed by atoms with Crippen molar-refractivity contribution in [3.63, 3.8) is 0 Å². The summed E-state index contributed by atoms with van der Waals surface area (Å²) in [4.78, 5) is 10.9. The molecule has 0 spiro atoms. The molecule has 15 heavy (non-hydrogen) atoms. The minimum Gasteiger partial charge on any atom is -0.481 e. The van der Waals surface area contributed by atoms with E-state index in [1.807, 2.05) is 42.1 Å². The molecule has 0 bridgehead atoms. The zero-order valence-corrected chi connectivity index (χ0v) is 8.77. The van der Waals surface area contributed by atoms with Crippen molar-refractivity contribution >= 4 is 16.9 Å². The summed E-state index contributed by atoms with van der Waals surface area (Å²) in [6, 6.07) is 7.84. The summed E-state index contributed by atoms with van der Waals surface area (Å²) in [6.45, 7) is 1.71. The lowest BCUT2D eigenvalue weighted by Crippen LogP contribution is -2.06. The molecule has 0 saturated heterocycles. The first-order valence-corrected chi connectivity index (χ1v) is 4.88. The van der Waals surface area contributed by atoms with Crippen molar-refractivity contribution in [1.29, 1.82) is 0 Å². The molecule has 1 N–H and O–H groups in total. The molecule has 0 radical (unpaired) electrons. The van der Waals surface area contributed by atoms with Crippen molar-refractivity contribution in [1.82, 2.24) is 4.57 Å². The Labute approximate surface area is 87.9 Å². The number of carbonyl (C=O) groups is 1. The molecule has 2 rings (SSSR count).